The molecule has 144 valence electrons. The second-order valence-electron chi connectivity index (χ2n) is 7.13. The Morgan fingerprint density at radius 1 is 0.926 bits per heavy atom. The van der Waals surface area contributed by atoms with Crippen LogP contribution in [0.1, 0.15) is 39.4 Å². The van der Waals surface area contributed by atoms with E-state index in [1.165, 1.54) is 34.0 Å². The molecule has 4 rings (SSSR count). The SMILES string of the molecule is O=C(c1cc2c(s1)CCCCC2)N1CCN(S(=O)(=O)c2ccccc2)CC1. The number of nitrogens with zero attached hydrogens (tertiary/aromatic N) is 2. The van der Waals surface area contributed by atoms with Crippen LogP contribution in [-0.4, -0.2) is 49.7 Å². The lowest BCUT2D eigenvalue weighted by atomic mass is 10.1. The summed E-state index contributed by atoms with van der Waals surface area (Å²) in [6.07, 6.45) is 5.83. The van der Waals surface area contributed by atoms with Gasteiger partial charge in [0, 0.05) is 31.1 Å². The summed E-state index contributed by atoms with van der Waals surface area (Å²) >= 11 is 1.63. The molecule has 5 nitrogen and oxygen atoms in total. The van der Waals surface area contributed by atoms with E-state index in [0.29, 0.717) is 31.1 Å². The van der Waals surface area contributed by atoms with Gasteiger partial charge in [0.05, 0.1) is 9.77 Å². The van der Waals surface area contributed by atoms with Gasteiger partial charge in [-0.25, -0.2) is 8.42 Å². The third-order valence-electron chi connectivity index (χ3n) is 5.36. The van der Waals surface area contributed by atoms with Crippen LogP contribution in [0.15, 0.2) is 41.3 Å². The predicted octanol–water partition coefficient (Wildman–Crippen LogP) is 3.16. The van der Waals surface area contributed by atoms with Gasteiger partial charge in [-0.05, 0) is 49.4 Å². The maximum Gasteiger partial charge on any atom is 0.264 e. The Morgan fingerprint density at radius 2 is 1.63 bits per heavy atom. The maximum atomic E-state index is 12.9. The van der Waals surface area contributed by atoms with Gasteiger partial charge in [-0.2, -0.15) is 4.31 Å². The van der Waals surface area contributed by atoms with Crippen molar-refractivity contribution in [2.24, 2.45) is 0 Å². The highest BCUT2D eigenvalue weighted by atomic mass is 32.2. The van der Waals surface area contributed by atoms with E-state index in [0.717, 1.165) is 17.7 Å². The average molecular weight is 405 g/mol. The van der Waals surface area contributed by atoms with E-state index >= 15 is 0 Å². The zero-order chi connectivity index (χ0) is 18.9. The number of hydrogen-bond donors (Lipinski definition) is 0. The Morgan fingerprint density at radius 3 is 2.37 bits per heavy atom. The van der Waals surface area contributed by atoms with Crippen molar-refractivity contribution in [3.05, 3.63) is 51.7 Å². The minimum Gasteiger partial charge on any atom is -0.335 e. The van der Waals surface area contributed by atoms with Gasteiger partial charge in [-0.1, -0.05) is 24.6 Å². The van der Waals surface area contributed by atoms with Crippen LogP contribution in [0, 0.1) is 0 Å². The van der Waals surface area contributed by atoms with Crippen molar-refractivity contribution in [3.8, 4) is 0 Å². The molecule has 7 heteroatoms. The second-order valence-corrected chi connectivity index (χ2v) is 10.2. The third kappa shape index (κ3) is 3.81. The van der Waals surface area contributed by atoms with Gasteiger partial charge in [0.25, 0.3) is 5.91 Å². The lowest BCUT2D eigenvalue weighted by Crippen LogP contribution is -2.50. The molecule has 2 aromatic rings. The number of carbonyl (C=O) groups is 1. The number of sulfonamides is 1. The quantitative estimate of drug-likeness (QED) is 0.739. The van der Waals surface area contributed by atoms with Crippen molar-refractivity contribution < 1.29 is 13.2 Å². The van der Waals surface area contributed by atoms with Gasteiger partial charge < -0.3 is 4.90 Å². The Bertz CT molecular complexity index is 890. The average Bonchev–Trinajstić information content (AvgIpc) is 2.98. The summed E-state index contributed by atoms with van der Waals surface area (Å²) in [5.74, 6) is 0.0461. The zero-order valence-corrected chi connectivity index (χ0v) is 16.9. The summed E-state index contributed by atoms with van der Waals surface area (Å²) in [4.78, 5) is 17.2. The van der Waals surface area contributed by atoms with Crippen molar-refractivity contribution >= 4 is 27.3 Å². The van der Waals surface area contributed by atoms with Crippen molar-refractivity contribution in [1.82, 2.24) is 9.21 Å². The number of rotatable bonds is 3. The Balaban J connectivity index is 1.43. The highest BCUT2D eigenvalue weighted by Gasteiger charge is 2.31. The topological polar surface area (TPSA) is 57.7 Å². The van der Waals surface area contributed by atoms with Gasteiger partial charge in [-0.3, -0.25) is 4.79 Å². The molecule has 0 unspecified atom stereocenters. The lowest BCUT2D eigenvalue weighted by molar-refractivity contribution is 0.0702. The van der Waals surface area contributed by atoms with Crippen LogP contribution in [0.5, 0.6) is 0 Å². The van der Waals surface area contributed by atoms with Crippen molar-refractivity contribution in [2.75, 3.05) is 26.2 Å². The number of hydrogen-bond acceptors (Lipinski definition) is 4. The van der Waals surface area contributed by atoms with Crippen LogP contribution in [-0.2, 0) is 22.9 Å². The molecule has 1 aliphatic carbocycles. The maximum absolute atomic E-state index is 12.9. The van der Waals surface area contributed by atoms with Crippen LogP contribution >= 0.6 is 11.3 Å². The summed E-state index contributed by atoms with van der Waals surface area (Å²) in [5.41, 5.74) is 1.34. The third-order valence-corrected chi connectivity index (χ3v) is 8.50. The molecular formula is C20H24N2O3S2. The number of carbonyl (C=O) groups excluding carboxylic acids is 1. The molecule has 1 aromatic heterocycles. The van der Waals surface area contributed by atoms with Crippen LogP contribution in [0.4, 0.5) is 0 Å². The van der Waals surface area contributed by atoms with E-state index < -0.39 is 10.0 Å². The largest absolute Gasteiger partial charge is 0.335 e. The smallest absolute Gasteiger partial charge is 0.264 e. The molecule has 0 atom stereocenters. The molecule has 2 aliphatic rings. The first kappa shape index (κ1) is 18.7. The molecular weight excluding hydrogens is 380 g/mol. The van der Waals surface area contributed by atoms with Crippen LogP contribution in [0.25, 0.3) is 0 Å². The Hall–Kier alpha value is -1.70. The van der Waals surface area contributed by atoms with Crippen molar-refractivity contribution in [2.45, 2.75) is 37.0 Å². The molecule has 27 heavy (non-hydrogen) atoms. The molecule has 1 aromatic carbocycles. The molecule has 0 N–H and O–H groups in total. The van der Waals surface area contributed by atoms with E-state index in [-0.39, 0.29) is 5.91 Å². The number of benzene rings is 1. The summed E-state index contributed by atoms with van der Waals surface area (Å²) < 4.78 is 26.9. The van der Waals surface area contributed by atoms with E-state index in [1.807, 2.05) is 0 Å². The molecule has 0 spiro atoms. The molecule has 1 aliphatic heterocycles. The Kier molecular flexibility index (Phi) is 5.34. The van der Waals surface area contributed by atoms with Crippen LogP contribution < -0.4 is 0 Å². The van der Waals surface area contributed by atoms with Gasteiger partial charge in [0.1, 0.15) is 0 Å². The fourth-order valence-corrected chi connectivity index (χ4v) is 6.47. The molecule has 1 amide bonds. The second kappa shape index (κ2) is 7.73. The molecule has 1 saturated heterocycles. The Labute approximate surface area is 164 Å². The number of piperazine rings is 1. The van der Waals surface area contributed by atoms with E-state index in [9.17, 15) is 13.2 Å². The first-order chi connectivity index (χ1) is 13.1. The summed E-state index contributed by atoms with van der Waals surface area (Å²) in [6.45, 7) is 1.56. The zero-order valence-electron chi connectivity index (χ0n) is 15.3. The first-order valence-corrected chi connectivity index (χ1v) is 11.8. The monoisotopic (exact) mass is 404 g/mol. The minimum absolute atomic E-state index is 0.0461. The number of fused-ring (bicyclic) bond motifs is 1. The van der Waals surface area contributed by atoms with Gasteiger partial charge in [0.2, 0.25) is 10.0 Å². The molecule has 0 saturated carbocycles. The molecule has 2 heterocycles. The van der Waals surface area contributed by atoms with Gasteiger partial charge in [-0.15, -0.1) is 11.3 Å². The van der Waals surface area contributed by atoms with Gasteiger partial charge >= 0.3 is 0 Å². The summed E-state index contributed by atoms with van der Waals surface area (Å²) in [5, 5.41) is 0. The number of amides is 1. The highest BCUT2D eigenvalue weighted by Crippen LogP contribution is 2.30. The van der Waals surface area contributed by atoms with Crippen LogP contribution in [0.2, 0.25) is 0 Å². The number of aryl methyl sites for hydroxylation is 2. The normalized spacial score (nSPS) is 18.7. The predicted molar refractivity (Wildman–Crippen MR) is 107 cm³/mol. The van der Waals surface area contributed by atoms with Crippen LogP contribution in [0.3, 0.4) is 0 Å². The standard InChI is InChI=1S/C20H24N2O3S2/c23-20(19-15-16-7-3-1-6-10-18(16)26-19)21-11-13-22(14-12-21)27(24,25)17-8-4-2-5-9-17/h2,4-5,8-9,15H,1,3,6-7,10-14H2. The highest BCUT2D eigenvalue weighted by molar-refractivity contribution is 7.89. The van der Waals surface area contributed by atoms with Gasteiger partial charge in [0.15, 0.2) is 0 Å². The van der Waals surface area contributed by atoms with Crippen molar-refractivity contribution in [1.29, 1.82) is 0 Å². The van der Waals surface area contributed by atoms with E-state index in [4.69, 9.17) is 0 Å². The van der Waals surface area contributed by atoms with Crippen molar-refractivity contribution in [3.63, 3.8) is 0 Å². The number of thiophene rings is 1. The molecule has 0 radical (unpaired) electrons. The fraction of sp³-hybridized carbons (Fsp3) is 0.450. The summed E-state index contributed by atoms with van der Waals surface area (Å²) in [7, 11) is -3.48. The van der Waals surface area contributed by atoms with E-state index in [2.05, 4.69) is 6.07 Å². The molecule has 0 bridgehead atoms. The fourth-order valence-electron chi connectivity index (χ4n) is 3.80. The molecule has 1 fully saturated rings. The summed E-state index contributed by atoms with van der Waals surface area (Å²) in [6, 6.07) is 10.6. The van der Waals surface area contributed by atoms with E-state index in [1.54, 1.807) is 46.6 Å². The first-order valence-electron chi connectivity index (χ1n) is 9.52. The lowest BCUT2D eigenvalue weighted by Gasteiger charge is -2.33. The minimum atomic E-state index is -3.48.